The molecule has 0 saturated heterocycles. The third kappa shape index (κ3) is 2.70. The van der Waals surface area contributed by atoms with Crippen molar-refractivity contribution in [3.8, 4) is 11.3 Å². The molecular formula is C12H7F3N2O2. The zero-order chi connectivity index (χ0) is 14.0. The molecule has 0 aliphatic carbocycles. The van der Waals surface area contributed by atoms with Gasteiger partial charge in [-0.2, -0.15) is 13.2 Å². The first-order chi connectivity index (χ1) is 8.89. The van der Waals surface area contributed by atoms with Crippen molar-refractivity contribution in [1.29, 1.82) is 0 Å². The Balaban J connectivity index is 2.65. The number of carboxylic acids is 1. The predicted octanol–water partition coefficient (Wildman–Crippen LogP) is 2.86. The highest BCUT2D eigenvalue weighted by atomic mass is 19.4. The van der Waals surface area contributed by atoms with Gasteiger partial charge in [0.2, 0.25) is 0 Å². The highest BCUT2D eigenvalue weighted by molar-refractivity contribution is 5.94. The van der Waals surface area contributed by atoms with Gasteiger partial charge < -0.3 is 5.11 Å². The summed E-state index contributed by atoms with van der Waals surface area (Å²) in [5.41, 5.74) is -1.40. The minimum Gasteiger partial charge on any atom is -0.478 e. The Labute approximate surface area is 105 Å². The van der Waals surface area contributed by atoms with Gasteiger partial charge in [0.1, 0.15) is 5.69 Å². The summed E-state index contributed by atoms with van der Waals surface area (Å²) in [7, 11) is 0. The number of aromatic nitrogens is 2. The molecule has 2 rings (SSSR count). The summed E-state index contributed by atoms with van der Waals surface area (Å²) in [6, 6.07) is 4.34. The van der Waals surface area contributed by atoms with Crippen LogP contribution < -0.4 is 0 Å². The number of nitrogens with zero attached hydrogens (tertiary/aromatic N) is 2. The predicted molar refractivity (Wildman–Crippen MR) is 59.4 cm³/mol. The van der Waals surface area contributed by atoms with E-state index in [2.05, 4.69) is 9.97 Å². The van der Waals surface area contributed by atoms with Gasteiger partial charge in [0.05, 0.1) is 11.3 Å². The Hall–Kier alpha value is -2.44. The first kappa shape index (κ1) is 13.0. The first-order valence-corrected chi connectivity index (χ1v) is 5.11. The Kier molecular flexibility index (Phi) is 3.20. The van der Waals surface area contributed by atoms with Crippen LogP contribution in [0.5, 0.6) is 0 Å². The molecule has 0 spiro atoms. The van der Waals surface area contributed by atoms with E-state index in [1.165, 1.54) is 24.5 Å². The Morgan fingerprint density at radius 1 is 1.11 bits per heavy atom. The number of alkyl halides is 3. The van der Waals surface area contributed by atoms with Crippen molar-refractivity contribution in [2.24, 2.45) is 0 Å². The van der Waals surface area contributed by atoms with Crippen molar-refractivity contribution in [2.75, 3.05) is 0 Å². The van der Waals surface area contributed by atoms with E-state index in [4.69, 9.17) is 5.11 Å². The molecule has 2 aromatic rings. The smallest absolute Gasteiger partial charge is 0.433 e. The third-order valence-corrected chi connectivity index (χ3v) is 2.37. The lowest BCUT2D eigenvalue weighted by Gasteiger charge is -2.10. The van der Waals surface area contributed by atoms with Crippen LogP contribution in [0.15, 0.2) is 36.7 Å². The SMILES string of the molecule is O=C(O)c1ccc(C(F)(F)F)nc1-c1ccncc1. The maximum Gasteiger partial charge on any atom is 0.433 e. The van der Waals surface area contributed by atoms with E-state index < -0.39 is 17.8 Å². The van der Waals surface area contributed by atoms with E-state index in [0.29, 0.717) is 6.07 Å². The van der Waals surface area contributed by atoms with Gasteiger partial charge in [0, 0.05) is 18.0 Å². The molecule has 4 nitrogen and oxygen atoms in total. The second kappa shape index (κ2) is 4.68. The standard InChI is InChI=1S/C12H7F3N2O2/c13-12(14,15)9-2-1-8(11(18)19)10(17-9)7-3-5-16-6-4-7/h1-6H,(H,18,19). The van der Waals surface area contributed by atoms with Gasteiger partial charge in [-0.1, -0.05) is 0 Å². The van der Waals surface area contributed by atoms with E-state index in [1.54, 1.807) is 0 Å². The molecule has 0 unspecified atom stereocenters. The fourth-order valence-corrected chi connectivity index (χ4v) is 1.52. The average molecular weight is 268 g/mol. The second-order valence-corrected chi connectivity index (χ2v) is 3.63. The number of hydrogen-bond acceptors (Lipinski definition) is 3. The van der Waals surface area contributed by atoms with Crippen molar-refractivity contribution in [1.82, 2.24) is 9.97 Å². The maximum atomic E-state index is 12.6. The molecule has 0 atom stereocenters. The van der Waals surface area contributed by atoms with E-state index in [0.717, 1.165) is 6.07 Å². The Morgan fingerprint density at radius 2 is 1.74 bits per heavy atom. The molecule has 1 N–H and O–H groups in total. The quantitative estimate of drug-likeness (QED) is 0.909. The molecule has 2 heterocycles. The topological polar surface area (TPSA) is 63.1 Å². The highest BCUT2D eigenvalue weighted by Crippen LogP contribution is 2.31. The molecular weight excluding hydrogens is 261 g/mol. The number of aromatic carboxylic acids is 1. The molecule has 0 aliphatic heterocycles. The average Bonchev–Trinajstić information content (AvgIpc) is 2.38. The third-order valence-electron chi connectivity index (χ3n) is 2.37. The summed E-state index contributed by atoms with van der Waals surface area (Å²) in [5, 5.41) is 8.98. The van der Waals surface area contributed by atoms with Crippen LogP contribution in [0.1, 0.15) is 16.1 Å². The van der Waals surface area contributed by atoms with Gasteiger partial charge in [0.25, 0.3) is 0 Å². The van der Waals surface area contributed by atoms with E-state index in [9.17, 15) is 18.0 Å². The summed E-state index contributed by atoms with van der Waals surface area (Å²) in [6.07, 6.45) is -1.93. The highest BCUT2D eigenvalue weighted by Gasteiger charge is 2.33. The van der Waals surface area contributed by atoms with Crippen molar-refractivity contribution in [3.05, 3.63) is 47.9 Å². The summed E-state index contributed by atoms with van der Waals surface area (Å²) in [6.45, 7) is 0. The lowest BCUT2D eigenvalue weighted by Crippen LogP contribution is -2.11. The number of hydrogen-bond donors (Lipinski definition) is 1. The van der Waals surface area contributed by atoms with Crippen molar-refractivity contribution < 1.29 is 23.1 Å². The molecule has 0 bridgehead atoms. The number of pyridine rings is 2. The van der Waals surface area contributed by atoms with Gasteiger partial charge in [-0.15, -0.1) is 0 Å². The van der Waals surface area contributed by atoms with Gasteiger partial charge in [-0.25, -0.2) is 9.78 Å². The monoisotopic (exact) mass is 268 g/mol. The van der Waals surface area contributed by atoms with Crippen LogP contribution in [0.25, 0.3) is 11.3 Å². The fraction of sp³-hybridized carbons (Fsp3) is 0.0833. The molecule has 0 aromatic carbocycles. The lowest BCUT2D eigenvalue weighted by atomic mass is 10.1. The molecule has 98 valence electrons. The van der Waals surface area contributed by atoms with Crippen molar-refractivity contribution in [2.45, 2.75) is 6.18 Å². The van der Waals surface area contributed by atoms with Gasteiger partial charge in [-0.3, -0.25) is 4.98 Å². The minimum absolute atomic E-state index is 0.232. The lowest BCUT2D eigenvalue weighted by molar-refractivity contribution is -0.141. The van der Waals surface area contributed by atoms with E-state index >= 15 is 0 Å². The van der Waals surface area contributed by atoms with Crippen LogP contribution >= 0.6 is 0 Å². The van der Waals surface area contributed by atoms with Crippen LogP contribution in [0.3, 0.4) is 0 Å². The van der Waals surface area contributed by atoms with Crippen LogP contribution in [0, 0.1) is 0 Å². The number of halogens is 3. The number of rotatable bonds is 2. The second-order valence-electron chi connectivity index (χ2n) is 3.63. The molecule has 0 radical (unpaired) electrons. The normalized spacial score (nSPS) is 11.3. The summed E-state index contributed by atoms with van der Waals surface area (Å²) in [5.74, 6) is -1.34. The molecule has 2 aromatic heterocycles. The molecule has 19 heavy (non-hydrogen) atoms. The number of carboxylic acid groups (broad SMARTS) is 1. The summed E-state index contributed by atoms with van der Waals surface area (Å²) < 4.78 is 37.8. The maximum absolute atomic E-state index is 12.6. The van der Waals surface area contributed by atoms with Crippen molar-refractivity contribution in [3.63, 3.8) is 0 Å². The summed E-state index contributed by atoms with van der Waals surface area (Å²) >= 11 is 0. The van der Waals surface area contributed by atoms with Crippen molar-refractivity contribution >= 4 is 5.97 Å². The molecule has 0 fully saturated rings. The van der Waals surface area contributed by atoms with Crippen LogP contribution in [0.2, 0.25) is 0 Å². The zero-order valence-electron chi connectivity index (χ0n) is 9.35. The fourth-order valence-electron chi connectivity index (χ4n) is 1.52. The van der Waals surface area contributed by atoms with Crippen LogP contribution in [0.4, 0.5) is 13.2 Å². The molecule has 0 amide bonds. The first-order valence-electron chi connectivity index (χ1n) is 5.11. The Morgan fingerprint density at radius 3 is 2.26 bits per heavy atom. The molecule has 7 heteroatoms. The molecule has 0 saturated carbocycles. The molecule has 0 aliphatic rings. The summed E-state index contributed by atoms with van der Waals surface area (Å²) in [4.78, 5) is 18.1. The van der Waals surface area contributed by atoms with Gasteiger partial charge in [-0.05, 0) is 24.3 Å². The largest absolute Gasteiger partial charge is 0.478 e. The van der Waals surface area contributed by atoms with Gasteiger partial charge in [0.15, 0.2) is 0 Å². The Bertz CT molecular complexity index is 612. The number of carbonyl (C=O) groups is 1. The zero-order valence-corrected chi connectivity index (χ0v) is 9.35. The minimum atomic E-state index is -4.63. The van der Waals surface area contributed by atoms with Crippen LogP contribution in [-0.4, -0.2) is 21.0 Å². The van der Waals surface area contributed by atoms with E-state index in [1.807, 2.05) is 0 Å². The van der Waals surface area contributed by atoms with E-state index in [-0.39, 0.29) is 16.8 Å². The van der Waals surface area contributed by atoms with Crippen LogP contribution in [-0.2, 0) is 6.18 Å². The van der Waals surface area contributed by atoms with Gasteiger partial charge >= 0.3 is 12.1 Å².